The van der Waals surface area contributed by atoms with Crippen LogP contribution in [0.2, 0.25) is 0 Å². The van der Waals surface area contributed by atoms with Gasteiger partial charge in [-0.3, -0.25) is 4.79 Å². The van der Waals surface area contributed by atoms with E-state index in [9.17, 15) is 4.79 Å². The molecule has 1 aliphatic heterocycles. The first-order valence-electron chi connectivity index (χ1n) is 8.63. The number of aromatic nitrogens is 2. The fourth-order valence-electron chi connectivity index (χ4n) is 3.06. The van der Waals surface area contributed by atoms with Gasteiger partial charge >= 0.3 is 0 Å². The number of hydrogen-bond donors (Lipinski definition) is 1. The molecular weight excluding hydrogens is 352 g/mol. The molecule has 1 fully saturated rings. The Morgan fingerprint density at radius 1 is 1.36 bits per heavy atom. The third-order valence-corrected chi connectivity index (χ3v) is 6.43. The summed E-state index contributed by atoms with van der Waals surface area (Å²) in [5.74, 6) is 0.638. The highest BCUT2D eigenvalue weighted by Gasteiger charge is 2.23. The lowest BCUT2D eigenvalue weighted by Gasteiger charge is -2.33. The summed E-state index contributed by atoms with van der Waals surface area (Å²) in [6.45, 7) is 7.18. The number of likely N-dealkylation sites (tertiary alicyclic amines) is 1. The highest BCUT2D eigenvalue weighted by Crippen LogP contribution is 2.29. The highest BCUT2D eigenvalue weighted by atomic mass is 32.2. The molecular formula is C18H24N4OS2. The quantitative estimate of drug-likeness (QED) is 0.784. The highest BCUT2D eigenvalue weighted by molar-refractivity contribution is 8.01. The molecule has 7 heteroatoms. The Balaban J connectivity index is 1.55. The van der Waals surface area contributed by atoms with E-state index in [2.05, 4.69) is 54.5 Å². The number of nitrogens with one attached hydrogen (secondary N) is 1. The lowest BCUT2D eigenvalue weighted by atomic mass is 10.0. The molecule has 5 nitrogen and oxygen atoms in total. The number of rotatable bonds is 5. The topological polar surface area (TPSA) is 58.1 Å². The number of benzene rings is 1. The van der Waals surface area contributed by atoms with Crippen LogP contribution in [0.5, 0.6) is 0 Å². The molecule has 0 spiro atoms. The maximum atomic E-state index is 12.4. The van der Waals surface area contributed by atoms with Crippen LogP contribution in [0.25, 0.3) is 0 Å². The van der Waals surface area contributed by atoms with E-state index < -0.39 is 0 Å². The minimum Gasteiger partial charge on any atom is -0.339 e. The molecule has 1 aromatic carbocycles. The van der Waals surface area contributed by atoms with Gasteiger partial charge in [0.05, 0.1) is 5.75 Å². The SMILES string of the molecule is Cc1ccc(Nc2nnc(SCC(=O)N3CCCCC3C)s2)c(C)c1. The number of carbonyl (C=O) groups is 1. The Morgan fingerprint density at radius 2 is 2.20 bits per heavy atom. The summed E-state index contributed by atoms with van der Waals surface area (Å²) in [5.41, 5.74) is 3.46. The fraction of sp³-hybridized carbons (Fsp3) is 0.500. The van der Waals surface area contributed by atoms with Crippen LogP contribution >= 0.6 is 23.1 Å². The largest absolute Gasteiger partial charge is 0.339 e. The van der Waals surface area contributed by atoms with E-state index in [1.165, 1.54) is 40.6 Å². The third kappa shape index (κ3) is 4.73. The van der Waals surface area contributed by atoms with E-state index in [0.717, 1.165) is 34.5 Å². The van der Waals surface area contributed by atoms with Crippen molar-refractivity contribution in [2.75, 3.05) is 17.6 Å². The number of carbonyl (C=O) groups excluding carboxylic acids is 1. The third-order valence-electron chi connectivity index (χ3n) is 4.47. The molecule has 1 atom stereocenters. The van der Waals surface area contributed by atoms with Gasteiger partial charge in [0.15, 0.2) is 4.34 Å². The molecule has 1 aliphatic rings. The first-order valence-corrected chi connectivity index (χ1v) is 10.4. The van der Waals surface area contributed by atoms with Crippen LogP contribution in [0.1, 0.15) is 37.3 Å². The van der Waals surface area contributed by atoms with Crippen LogP contribution < -0.4 is 5.32 Å². The number of thioether (sulfide) groups is 1. The fourth-order valence-corrected chi connectivity index (χ4v) is 4.71. The standard InChI is InChI=1S/C18H24N4OS2/c1-12-7-8-15(13(2)10-12)19-17-20-21-18(25-17)24-11-16(23)22-9-5-4-6-14(22)3/h7-8,10,14H,4-6,9,11H2,1-3H3,(H,19,20). The summed E-state index contributed by atoms with van der Waals surface area (Å²) in [6, 6.07) is 6.63. The Labute approximate surface area is 157 Å². The maximum absolute atomic E-state index is 12.4. The van der Waals surface area contributed by atoms with Crippen molar-refractivity contribution in [3.63, 3.8) is 0 Å². The Hall–Kier alpha value is -1.60. The van der Waals surface area contributed by atoms with Gasteiger partial charge in [0.2, 0.25) is 11.0 Å². The molecule has 2 aromatic rings. The van der Waals surface area contributed by atoms with Gasteiger partial charge in [-0.2, -0.15) is 0 Å². The predicted octanol–water partition coefficient (Wildman–Crippen LogP) is 4.39. The summed E-state index contributed by atoms with van der Waals surface area (Å²) in [6.07, 6.45) is 3.45. The van der Waals surface area contributed by atoms with Gasteiger partial charge in [-0.15, -0.1) is 10.2 Å². The van der Waals surface area contributed by atoms with Gasteiger partial charge in [0.1, 0.15) is 0 Å². The van der Waals surface area contributed by atoms with Crippen LogP contribution in [0, 0.1) is 13.8 Å². The molecule has 0 radical (unpaired) electrons. The van der Waals surface area contributed by atoms with Crippen molar-refractivity contribution in [3.8, 4) is 0 Å². The first-order chi connectivity index (χ1) is 12.0. The van der Waals surface area contributed by atoms with Crippen molar-refractivity contribution in [1.29, 1.82) is 0 Å². The molecule has 134 valence electrons. The average Bonchev–Trinajstić information content (AvgIpc) is 3.03. The number of nitrogens with zero attached hydrogens (tertiary/aromatic N) is 3. The van der Waals surface area contributed by atoms with Crippen LogP contribution in [0.3, 0.4) is 0 Å². The lowest BCUT2D eigenvalue weighted by molar-refractivity contribution is -0.131. The first kappa shape index (κ1) is 18.2. The minimum atomic E-state index is 0.205. The Kier molecular flexibility index (Phi) is 5.96. The van der Waals surface area contributed by atoms with Crippen molar-refractivity contribution >= 4 is 39.8 Å². The van der Waals surface area contributed by atoms with Gasteiger partial charge in [0, 0.05) is 18.3 Å². The van der Waals surface area contributed by atoms with Gasteiger partial charge in [-0.05, 0) is 51.7 Å². The van der Waals surface area contributed by atoms with Crippen LogP contribution in [-0.4, -0.2) is 39.3 Å². The minimum absolute atomic E-state index is 0.205. The van der Waals surface area contributed by atoms with E-state index in [0.29, 0.717) is 11.8 Å². The zero-order chi connectivity index (χ0) is 17.8. The van der Waals surface area contributed by atoms with E-state index in [-0.39, 0.29) is 5.91 Å². The van der Waals surface area contributed by atoms with E-state index in [1.807, 2.05) is 4.90 Å². The lowest BCUT2D eigenvalue weighted by Crippen LogP contribution is -2.42. The molecule has 2 heterocycles. The van der Waals surface area contributed by atoms with E-state index >= 15 is 0 Å². The summed E-state index contributed by atoms with van der Waals surface area (Å²) >= 11 is 2.96. The number of amides is 1. The molecule has 1 amide bonds. The smallest absolute Gasteiger partial charge is 0.233 e. The zero-order valence-electron chi connectivity index (χ0n) is 14.9. The molecule has 3 rings (SSSR count). The van der Waals surface area contributed by atoms with Gasteiger partial charge in [0.25, 0.3) is 0 Å². The molecule has 0 saturated carbocycles. The second-order valence-corrected chi connectivity index (χ2v) is 8.74. The summed E-state index contributed by atoms with van der Waals surface area (Å²) < 4.78 is 0.824. The predicted molar refractivity (Wildman–Crippen MR) is 105 cm³/mol. The Morgan fingerprint density at radius 3 is 2.96 bits per heavy atom. The van der Waals surface area contributed by atoms with Crippen molar-refractivity contribution < 1.29 is 4.79 Å². The number of piperidine rings is 1. The molecule has 25 heavy (non-hydrogen) atoms. The second kappa shape index (κ2) is 8.19. The van der Waals surface area contributed by atoms with E-state index in [4.69, 9.17) is 0 Å². The van der Waals surface area contributed by atoms with Gasteiger partial charge in [-0.25, -0.2) is 0 Å². The monoisotopic (exact) mass is 376 g/mol. The summed E-state index contributed by atoms with van der Waals surface area (Å²) in [7, 11) is 0. The van der Waals surface area contributed by atoms with Crippen molar-refractivity contribution in [1.82, 2.24) is 15.1 Å². The number of hydrogen-bond acceptors (Lipinski definition) is 6. The van der Waals surface area contributed by atoms with Crippen molar-refractivity contribution in [3.05, 3.63) is 29.3 Å². The molecule has 1 aromatic heterocycles. The summed E-state index contributed by atoms with van der Waals surface area (Å²) in [4.78, 5) is 14.4. The average molecular weight is 377 g/mol. The molecule has 1 saturated heterocycles. The van der Waals surface area contributed by atoms with Crippen molar-refractivity contribution in [2.45, 2.75) is 50.4 Å². The molecule has 0 bridgehead atoms. The molecule has 0 aliphatic carbocycles. The van der Waals surface area contributed by atoms with Crippen LogP contribution in [-0.2, 0) is 4.79 Å². The van der Waals surface area contributed by atoms with Crippen LogP contribution in [0.4, 0.5) is 10.8 Å². The van der Waals surface area contributed by atoms with Gasteiger partial charge in [-0.1, -0.05) is 40.8 Å². The second-order valence-electron chi connectivity index (χ2n) is 6.54. The van der Waals surface area contributed by atoms with Crippen molar-refractivity contribution in [2.24, 2.45) is 0 Å². The molecule has 1 unspecified atom stereocenters. The molecule has 1 N–H and O–H groups in total. The number of aryl methyl sites for hydroxylation is 2. The van der Waals surface area contributed by atoms with E-state index in [1.54, 1.807) is 0 Å². The Bertz CT molecular complexity index is 746. The van der Waals surface area contributed by atoms with Crippen LogP contribution in [0.15, 0.2) is 22.5 Å². The van der Waals surface area contributed by atoms with Gasteiger partial charge < -0.3 is 10.2 Å². The number of anilines is 2. The zero-order valence-corrected chi connectivity index (χ0v) is 16.5. The summed E-state index contributed by atoms with van der Waals surface area (Å²) in [5, 5.41) is 12.5. The normalized spacial score (nSPS) is 17.6. The maximum Gasteiger partial charge on any atom is 0.233 e.